The second-order valence-corrected chi connectivity index (χ2v) is 6.73. The van der Waals surface area contributed by atoms with Gasteiger partial charge in [-0.3, -0.25) is 0 Å². The van der Waals surface area contributed by atoms with Crippen LogP contribution in [0.5, 0.6) is 0 Å². The smallest absolute Gasteiger partial charge is 0.136 e. The molecule has 116 valence electrons. The van der Waals surface area contributed by atoms with Gasteiger partial charge in [0.25, 0.3) is 0 Å². The van der Waals surface area contributed by atoms with E-state index in [9.17, 15) is 0 Å². The molecular formula is C17H28N4. The van der Waals surface area contributed by atoms with Crippen LogP contribution >= 0.6 is 0 Å². The first-order valence-electron chi connectivity index (χ1n) is 8.58. The summed E-state index contributed by atoms with van der Waals surface area (Å²) in [6, 6.07) is 0.512. The van der Waals surface area contributed by atoms with Gasteiger partial charge in [0, 0.05) is 24.1 Å². The highest BCUT2D eigenvalue weighted by Gasteiger charge is 2.29. The molecule has 3 rings (SSSR count). The molecule has 2 N–H and O–H groups in total. The van der Waals surface area contributed by atoms with Gasteiger partial charge in [-0.15, -0.1) is 0 Å². The zero-order chi connectivity index (χ0) is 14.8. The molecule has 4 nitrogen and oxygen atoms in total. The zero-order valence-corrected chi connectivity index (χ0v) is 13.6. The molecule has 4 heteroatoms. The van der Waals surface area contributed by atoms with Gasteiger partial charge in [-0.25, -0.2) is 9.97 Å². The molecule has 1 aromatic heterocycles. The number of rotatable bonds is 7. The van der Waals surface area contributed by atoms with Crippen molar-refractivity contribution in [2.75, 3.05) is 17.2 Å². The Kier molecular flexibility index (Phi) is 4.32. The van der Waals surface area contributed by atoms with Crippen molar-refractivity contribution in [3.8, 4) is 0 Å². The number of nitrogens with one attached hydrogen (secondary N) is 2. The first kappa shape index (κ1) is 14.6. The Morgan fingerprint density at radius 3 is 2.43 bits per heavy atom. The molecule has 2 aliphatic carbocycles. The van der Waals surface area contributed by atoms with Crippen LogP contribution in [0.4, 0.5) is 11.6 Å². The Morgan fingerprint density at radius 2 is 1.86 bits per heavy atom. The summed E-state index contributed by atoms with van der Waals surface area (Å²) in [5.74, 6) is 4.51. The van der Waals surface area contributed by atoms with Crippen LogP contribution in [-0.4, -0.2) is 22.6 Å². The highest BCUT2D eigenvalue weighted by Crippen LogP contribution is 2.40. The van der Waals surface area contributed by atoms with E-state index in [1.807, 2.05) is 0 Å². The second kappa shape index (κ2) is 6.20. The van der Waals surface area contributed by atoms with Crippen molar-refractivity contribution < 1.29 is 0 Å². The SMILES string of the molecule is CCCNc1nc(C2CC2)nc(NC(C)C2CCC2)c1C. The van der Waals surface area contributed by atoms with Crippen LogP contribution in [0.3, 0.4) is 0 Å². The van der Waals surface area contributed by atoms with Crippen LogP contribution < -0.4 is 10.6 Å². The number of aromatic nitrogens is 2. The molecule has 1 unspecified atom stereocenters. The lowest BCUT2D eigenvalue weighted by atomic mass is 9.80. The minimum atomic E-state index is 0.512. The lowest BCUT2D eigenvalue weighted by Gasteiger charge is -2.32. The average molecular weight is 288 g/mol. The Labute approximate surface area is 128 Å². The third-order valence-corrected chi connectivity index (χ3v) is 4.87. The maximum absolute atomic E-state index is 4.82. The molecule has 2 saturated carbocycles. The van der Waals surface area contributed by atoms with Crippen molar-refractivity contribution in [3.63, 3.8) is 0 Å². The molecule has 0 aliphatic heterocycles. The van der Waals surface area contributed by atoms with Gasteiger partial charge < -0.3 is 10.6 Å². The fourth-order valence-electron chi connectivity index (χ4n) is 2.89. The van der Waals surface area contributed by atoms with Gasteiger partial charge in [-0.05, 0) is 51.9 Å². The monoisotopic (exact) mass is 288 g/mol. The number of hydrogen-bond donors (Lipinski definition) is 2. The van der Waals surface area contributed by atoms with E-state index >= 15 is 0 Å². The van der Waals surface area contributed by atoms with Crippen molar-refractivity contribution in [1.82, 2.24) is 9.97 Å². The molecule has 1 atom stereocenters. The van der Waals surface area contributed by atoms with Gasteiger partial charge in [-0.2, -0.15) is 0 Å². The molecule has 2 aliphatic rings. The van der Waals surface area contributed by atoms with E-state index in [1.54, 1.807) is 0 Å². The van der Waals surface area contributed by atoms with Crippen molar-refractivity contribution in [3.05, 3.63) is 11.4 Å². The van der Waals surface area contributed by atoms with Gasteiger partial charge in [0.15, 0.2) is 0 Å². The summed E-state index contributed by atoms with van der Waals surface area (Å²) in [4.78, 5) is 9.58. The molecule has 0 amide bonds. The van der Waals surface area contributed by atoms with Crippen LogP contribution in [0.25, 0.3) is 0 Å². The van der Waals surface area contributed by atoms with Gasteiger partial charge in [0.2, 0.25) is 0 Å². The molecule has 0 bridgehead atoms. The van der Waals surface area contributed by atoms with E-state index in [0.29, 0.717) is 12.0 Å². The lowest BCUT2D eigenvalue weighted by molar-refractivity contribution is 0.285. The molecule has 2 fully saturated rings. The van der Waals surface area contributed by atoms with Crippen molar-refractivity contribution in [1.29, 1.82) is 0 Å². The Bertz CT molecular complexity index is 492. The summed E-state index contributed by atoms with van der Waals surface area (Å²) in [5, 5.41) is 7.13. The molecule has 21 heavy (non-hydrogen) atoms. The maximum atomic E-state index is 4.82. The van der Waals surface area contributed by atoms with E-state index < -0.39 is 0 Å². The molecule has 0 radical (unpaired) electrons. The van der Waals surface area contributed by atoms with Crippen molar-refractivity contribution in [2.24, 2.45) is 5.92 Å². The lowest BCUT2D eigenvalue weighted by Crippen LogP contribution is -2.31. The van der Waals surface area contributed by atoms with E-state index in [-0.39, 0.29) is 0 Å². The Balaban J connectivity index is 1.80. The molecule has 0 saturated heterocycles. The first-order valence-corrected chi connectivity index (χ1v) is 8.58. The predicted octanol–water partition coefficient (Wildman–Crippen LogP) is 4.08. The molecule has 0 spiro atoms. The van der Waals surface area contributed by atoms with Gasteiger partial charge in [0.1, 0.15) is 17.5 Å². The van der Waals surface area contributed by atoms with Crippen LogP contribution in [0, 0.1) is 12.8 Å². The van der Waals surface area contributed by atoms with Crippen LogP contribution in [0.15, 0.2) is 0 Å². The van der Waals surface area contributed by atoms with E-state index in [0.717, 1.165) is 36.3 Å². The fraction of sp³-hybridized carbons (Fsp3) is 0.765. The Morgan fingerprint density at radius 1 is 1.14 bits per heavy atom. The van der Waals surface area contributed by atoms with Gasteiger partial charge in [-0.1, -0.05) is 13.3 Å². The third-order valence-electron chi connectivity index (χ3n) is 4.87. The predicted molar refractivity (Wildman–Crippen MR) is 88.0 cm³/mol. The summed E-state index contributed by atoms with van der Waals surface area (Å²) < 4.78 is 0. The van der Waals surface area contributed by atoms with Crippen LogP contribution in [0.1, 0.15) is 69.7 Å². The normalized spacial score (nSPS) is 20.0. The standard InChI is InChI=1S/C17H28N4/c1-4-10-18-15-11(2)16(19-12(3)13-6-5-7-13)21-17(20-15)14-8-9-14/h12-14H,4-10H2,1-3H3,(H2,18,19,20,21). The fourth-order valence-corrected chi connectivity index (χ4v) is 2.89. The number of hydrogen-bond acceptors (Lipinski definition) is 4. The van der Waals surface area contributed by atoms with Crippen molar-refractivity contribution in [2.45, 2.75) is 71.3 Å². The third kappa shape index (κ3) is 3.30. The summed E-state index contributed by atoms with van der Waals surface area (Å²) in [5.41, 5.74) is 1.17. The van der Waals surface area contributed by atoms with Gasteiger partial charge in [0.05, 0.1) is 0 Å². The quantitative estimate of drug-likeness (QED) is 0.793. The largest absolute Gasteiger partial charge is 0.370 e. The Hall–Kier alpha value is -1.32. The maximum Gasteiger partial charge on any atom is 0.136 e. The van der Waals surface area contributed by atoms with E-state index in [1.165, 1.54) is 37.7 Å². The average Bonchev–Trinajstić information content (AvgIpc) is 3.22. The van der Waals surface area contributed by atoms with E-state index in [2.05, 4.69) is 31.4 Å². The van der Waals surface area contributed by atoms with Crippen LogP contribution in [-0.2, 0) is 0 Å². The summed E-state index contributed by atoms with van der Waals surface area (Å²) in [6.45, 7) is 7.58. The second-order valence-electron chi connectivity index (χ2n) is 6.73. The topological polar surface area (TPSA) is 49.8 Å². The van der Waals surface area contributed by atoms with Crippen molar-refractivity contribution >= 4 is 11.6 Å². The summed E-state index contributed by atoms with van der Waals surface area (Å²) in [7, 11) is 0. The summed E-state index contributed by atoms with van der Waals surface area (Å²) >= 11 is 0. The highest BCUT2D eigenvalue weighted by atomic mass is 15.1. The first-order chi connectivity index (χ1) is 10.2. The minimum absolute atomic E-state index is 0.512. The minimum Gasteiger partial charge on any atom is -0.370 e. The highest BCUT2D eigenvalue weighted by molar-refractivity contribution is 5.58. The molecule has 1 heterocycles. The number of nitrogens with zero attached hydrogens (tertiary/aromatic N) is 2. The van der Waals surface area contributed by atoms with E-state index in [4.69, 9.17) is 9.97 Å². The number of anilines is 2. The van der Waals surface area contributed by atoms with Gasteiger partial charge >= 0.3 is 0 Å². The summed E-state index contributed by atoms with van der Waals surface area (Å²) in [6.07, 6.45) is 7.70. The zero-order valence-electron chi connectivity index (χ0n) is 13.6. The van der Waals surface area contributed by atoms with Crippen LogP contribution in [0.2, 0.25) is 0 Å². The molecule has 0 aromatic carbocycles. The molecule has 1 aromatic rings. The molecular weight excluding hydrogens is 260 g/mol.